The summed E-state index contributed by atoms with van der Waals surface area (Å²) in [6.45, 7) is 6.46. The lowest BCUT2D eigenvalue weighted by Crippen LogP contribution is -2.49. The number of rotatable bonds is 6. The summed E-state index contributed by atoms with van der Waals surface area (Å²) in [5.74, 6) is 0. The van der Waals surface area contributed by atoms with Gasteiger partial charge in [0.15, 0.2) is 0 Å². The average molecular weight is 327 g/mol. The molecule has 0 spiro atoms. The second-order valence-electron chi connectivity index (χ2n) is 7.09. The van der Waals surface area contributed by atoms with Crippen molar-refractivity contribution in [1.82, 2.24) is 10.2 Å². The SMILES string of the molecule is CC[C@H](NC1CCN(Cc2ccc(C#N)cc2)CC1)[C@@H]1CCCO1. The number of hydrogen-bond acceptors (Lipinski definition) is 4. The first-order valence-corrected chi connectivity index (χ1v) is 9.37. The monoisotopic (exact) mass is 327 g/mol. The van der Waals surface area contributed by atoms with Gasteiger partial charge in [-0.2, -0.15) is 5.26 Å². The van der Waals surface area contributed by atoms with Gasteiger partial charge in [-0.25, -0.2) is 0 Å². The lowest BCUT2D eigenvalue weighted by molar-refractivity contribution is 0.0668. The number of likely N-dealkylation sites (tertiary alicyclic amines) is 1. The summed E-state index contributed by atoms with van der Waals surface area (Å²) in [5.41, 5.74) is 2.03. The van der Waals surface area contributed by atoms with Crippen molar-refractivity contribution in [3.8, 4) is 6.07 Å². The van der Waals surface area contributed by atoms with E-state index in [0.717, 1.165) is 38.2 Å². The van der Waals surface area contributed by atoms with Crippen molar-refractivity contribution in [2.24, 2.45) is 0 Å². The zero-order valence-electron chi connectivity index (χ0n) is 14.7. The molecule has 0 unspecified atom stereocenters. The van der Waals surface area contributed by atoms with Crippen molar-refractivity contribution in [2.45, 2.75) is 63.8 Å². The molecule has 4 nitrogen and oxygen atoms in total. The summed E-state index contributed by atoms with van der Waals surface area (Å²) < 4.78 is 5.87. The fraction of sp³-hybridized carbons (Fsp3) is 0.650. The van der Waals surface area contributed by atoms with Crippen molar-refractivity contribution in [2.75, 3.05) is 19.7 Å². The Labute approximate surface area is 145 Å². The van der Waals surface area contributed by atoms with E-state index in [9.17, 15) is 0 Å². The molecule has 1 aromatic rings. The van der Waals surface area contributed by atoms with Gasteiger partial charge >= 0.3 is 0 Å². The minimum atomic E-state index is 0.423. The molecule has 2 aliphatic heterocycles. The molecule has 0 amide bonds. The smallest absolute Gasteiger partial charge is 0.0991 e. The highest BCUT2D eigenvalue weighted by atomic mass is 16.5. The molecule has 1 aromatic carbocycles. The summed E-state index contributed by atoms with van der Waals surface area (Å²) >= 11 is 0. The lowest BCUT2D eigenvalue weighted by atomic mass is 9.99. The highest BCUT2D eigenvalue weighted by molar-refractivity contribution is 5.31. The Balaban J connectivity index is 1.44. The van der Waals surface area contributed by atoms with Crippen LogP contribution >= 0.6 is 0 Å². The molecule has 2 aliphatic rings. The fourth-order valence-corrected chi connectivity index (χ4v) is 3.91. The predicted molar refractivity (Wildman–Crippen MR) is 95.6 cm³/mol. The number of nitrogens with one attached hydrogen (secondary N) is 1. The maximum absolute atomic E-state index is 8.87. The third kappa shape index (κ3) is 4.57. The van der Waals surface area contributed by atoms with Crippen LogP contribution in [-0.2, 0) is 11.3 Å². The first-order valence-electron chi connectivity index (χ1n) is 9.37. The Morgan fingerprint density at radius 1 is 1.25 bits per heavy atom. The number of nitriles is 1. The van der Waals surface area contributed by atoms with Gasteiger partial charge in [0.2, 0.25) is 0 Å². The van der Waals surface area contributed by atoms with Gasteiger partial charge in [-0.15, -0.1) is 0 Å². The standard InChI is InChI=1S/C20H29N3O/c1-2-19(20-4-3-13-24-20)22-18-9-11-23(12-10-18)15-17-7-5-16(14-21)6-8-17/h5-8,18-20,22H,2-4,9-13,15H2,1H3/t19-,20-/m0/s1. The van der Waals surface area contributed by atoms with Crippen LogP contribution in [0.2, 0.25) is 0 Å². The molecular weight excluding hydrogens is 298 g/mol. The molecule has 0 aromatic heterocycles. The molecule has 24 heavy (non-hydrogen) atoms. The van der Waals surface area contributed by atoms with Crippen molar-refractivity contribution in [3.05, 3.63) is 35.4 Å². The fourth-order valence-electron chi connectivity index (χ4n) is 3.91. The predicted octanol–water partition coefficient (Wildman–Crippen LogP) is 3.07. The first-order chi connectivity index (χ1) is 11.8. The van der Waals surface area contributed by atoms with E-state index >= 15 is 0 Å². The quantitative estimate of drug-likeness (QED) is 0.872. The highest BCUT2D eigenvalue weighted by Gasteiger charge is 2.28. The van der Waals surface area contributed by atoms with Crippen LogP contribution in [0.4, 0.5) is 0 Å². The Kier molecular flexibility index (Phi) is 6.25. The minimum Gasteiger partial charge on any atom is -0.377 e. The molecule has 2 heterocycles. The van der Waals surface area contributed by atoms with Gasteiger partial charge in [-0.3, -0.25) is 4.90 Å². The zero-order valence-corrected chi connectivity index (χ0v) is 14.7. The molecule has 0 saturated carbocycles. The van der Waals surface area contributed by atoms with E-state index in [4.69, 9.17) is 10.00 Å². The van der Waals surface area contributed by atoms with Crippen molar-refractivity contribution in [1.29, 1.82) is 5.26 Å². The van der Waals surface area contributed by atoms with Crippen LogP contribution in [0.15, 0.2) is 24.3 Å². The Hall–Kier alpha value is -1.41. The van der Waals surface area contributed by atoms with Gasteiger partial charge in [-0.05, 0) is 62.9 Å². The second-order valence-corrected chi connectivity index (χ2v) is 7.09. The van der Waals surface area contributed by atoms with Crippen LogP contribution in [0.3, 0.4) is 0 Å². The number of hydrogen-bond donors (Lipinski definition) is 1. The summed E-state index contributed by atoms with van der Waals surface area (Å²) in [4.78, 5) is 2.52. The van der Waals surface area contributed by atoms with Gasteiger partial charge in [-0.1, -0.05) is 19.1 Å². The molecule has 0 aliphatic carbocycles. The van der Waals surface area contributed by atoms with Gasteiger partial charge in [0.1, 0.15) is 0 Å². The van der Waals surface area contributed by atoms with Gasteiger partial charge in [0, 0.05) is 25.2 Å². The van der Waals surface area contributed by atoms with Crippen LogP contribution in [0.1, 0.15) is 50.2 Å². The van der Waals surface area contributed by atoms with E-state index in [1.807, 2.05) is 12.1 Å². The van der Waals surface area contributed by atoms with Gasteiger partial charge in [0.05, 0.1) is 17.7 Å². The molecule has 0 radical (unpaired) electrons. The van der Waals surface area contributed by atoms with Crippen LogP contribution in [-0.4, -0.2) is 42.8 Å². The lowest BCUT2D eigenvalue weighted by Gasteiger charge is -2.35. The van der Waals surface area contributed by atoms with E-state index in [1.54, 1.807) is 0 Å². The van der Waals surface area contributed by atoms with E-state index < -0.39 is 0 Å². The third-order valence-electron chi connectivity index (χ3n) is 5.38. The summed E-state index contributed by atoms with van der Waals surface area (Å²) in [5, 5.41) is 12.7. The zero-order chi connectivity index (χ0) is 16.8. The molecule has 2 saturated heterocycles. The van der Waals surface area contributed by atoms with Crippen LogP contribution in [0.5, 0.6) is 0 Å². The normalized spacial score (nSPS) is 23.9. The molecule has 3 rings (SSSR count). The van der Waals surface area contributed by atoms with E-state index in [0.29, 0.717) is 18.2 Å². The Bertz CT molecular complexity index is 537. The van der Waals surface area contributed by atoms with Crippen LogP contribution in [0.25, 0.3) is 0 Å². The molecule has 4 heteroatoms. The van der Waals surface area contributed by atoms with E-state index in [-0.39, 0.29) is 0 Å². The molecule has 0 bridgehead atoms. The summed E-state index contributed by atoms with van der Waals surface area (Å²) in [6, 6.07) is 11.3. The number of benzene rings is 1. The Morgan fingerprint density at radius 3 is 2.58 bits per heavy atom. The number of piperidine rings is 1. The van der Waals surface area contributed by atoms with E-state index in [1.165, 1.54) is 31.2 Å². The first kappa shape index (κ1) is 17.4. The topological polar surface area (TPSA) is 48.3 Å². The molecule has 2 fully saturated rings. The van der Waals surface area contributed by atoms with E-state index in [2.05, 4.69) is 35.3 Å². The minimum absolute atomic E-state index is 0.423. The maximum atomic E-state index is 8.87. The molecule has 1 N–H and O–H groups in total. The highest BCUT2D eigenvalue weighted by Crippen LogP contribution is 2.20. The molecule has 130 valence electrons. The number of nitrogens with zero attached hydrogens (tertiary/aromatic N) is 2. The average Bonchev–Trinajstić information content (AvgIpc) is 3.16. The number of ether oxygens (including phenoxy) is 1. The van der Waals surface area contributed by atoms with Crippen molar-refractivity contribution < 1.29 is 4.74 Å². The van der Waals surface area contributed by atoms with Crippen LogP contribution < -0.4 is 5.32 Å². The maximum Gasteiger partial charge on any atom is 0.0991 e. The van der Waals surface area contributed by atoms with Crippen molar-refractivity contribution >= 4 is 0 Å². The van der Waals surface area contributed by atoms with Crippen molar-refractivity contribution in [3.63, 3.8) is 0 Å². The molecular formula is C20H29N3O. The molecule has 2 atom stereocenters. The second kappa shape index (κ2) is 8.62. The van der Waals surface area contributed by atoms with Crippen LogP contribution in [0, 0.1) is 11.3 Å². The Morgan fingerprint density at radius 2 is 2.00 bits per heavy atom. The largest absolute Gasteiger partial charge is 0.377 e. The summed E-state index contributed by atoms with van der Waals surface area (Å²) in [7, 11) is 0. The van der Waals surface area contributed by atoms with Gasteiger partial charge in [0.25, 0.3) is 0 Å². The summed E-state index contributed by atoms with van der Waals surface area (Å²) in [6.07, 6.45) is 6.41. The van der Waals surface area contributed by atoms with Gasteiger partial charge < -0.3 is 10.1 Å². The third-order valence-corrected chi connectivity index (χ3v) is 5.38.